The Balaban J connectivity index is 1.69. The van der Waals surface area contributed by atoms with Crippen LogP contribution in [0.15, 0.2) is 42.5 Å². The molecule has 4 heteroatoms. The summed E-state index contributed by atoms with van der Waals surface area (Å²) >= 11 is 0. The van der Waals surface area contributed by atoms with E-state index in [9.17, 15) is 4.79 Å². The lowest BCUT2D eigenvalue weighted by Gasteiger charge is -2.37. The maximum atomic E-state index is 12.6. The van der Waals surface area contributed by atoms with Crippen LogP contribution in [0.25, 0.3) is 0 Å². The molecule has 2 aromatic carbocycles. The SMILES string of the molecule is Cc1ccc(C(C)C)c(OCC(=O)N[C@@H]2CC(C)(C)Oc3ccccc32)c1. The zero-order valence-corrected chi connectivity index (χ0v) is 16.8. The van der Waals surface area contributed by atoms with Gasteiger partial charge in [-0.1, -0.05) is 44.2 Å². The summed E-state index contributed by atoms with van der Waals surface area (Å²) in [6.07, 6.45) is 0.720. The third-order valence-electron chi connectivity index (χ3n) is 4.86. The Morgan fingerprint density at radius 1 is 1.26 bits per heavy atom. The molecule has 0 aliphatic carbocycles. The van der Waals surface area contributed by atoms with E-state index in [2.05, 4.69) is 31.3 Å². The van der Waals surface area contributed by atoms with Crippen LogP contribution in [0.5, 0.6) is 11.5 Å². The number of para-hydroxylation sites is 1. The van der Waals surface area contributed by atoms with E-state index in [-0.39, 0.29) is 24.2 Å². The Morgan fingerprint density at radius 2 is 2.00 bits per heavy atom. The van der Waals surface area contributed by atoms with Gasteiger partial charge in [0.2, 0.25) is 0 Å². The molecule has 0 aromatic heterocycles. The molecule has 1 atom stereocenters. The minimum atomic E-state index is -0.325. The second kappa shape index (κ2) is 7.63. The smallest absolute Gasteiger partial charge is 0.258 e. The second-order valence-corrected chi connectivity index (χ2v) is 8.21. The number of carbonyl (C=O) groups is 1. The minimum Gasteiger partial charge on any atom is -0.487 e. The van der Waals surface area contributed by atoms with E-state index < -0.39 is 0 Å². The molecule has 1 amide bonds. The topological polar surface area (TPSA) is 47.6 Å². The molecule has 1 N–H and O–H groups in total. The van der Waals surface area contributed by atoms with Gasteiger partial charge in [-0.2, -0.15) is 0 Å². The summed E-state index contributed by atoms with van der Waals surface area (Å²) in [6, 6.07) is 13.9. The van der Waals surface area contributed by atoms with E-state index >= 15 is 0 Å². The number of ether oxygens (including phenoxy) is 2. The molecular formula is C23H29NO3. The number of rotatable bonds is 5. The van der Waals surface area contributed by atoms with E-state index in [0.29, 0.717) is 5.92 Å². The molecule has 0 bridgehead atoms. The lowest BCUT2D eigenvalue weighted by molar-refractivity contribution is -0.124. The first-order chi connectivity index (χ1) is 12.7. The monoisotopic (exact) mass is 367 g/mol. The van der Waals surface area contributed by atoms with E-state index in [4.69, 9.17) is 9.47 Å². The summed E-state index contributed by atoms with van der Waals surface area (Å²) in [5, 5.41) is 3.12. The summed E-state index contributed by atoms with van der Waals surface area (Å²) in [5.41, 5.74) is 2.93. The quantitative estimate of drug-likeness (QED) is 0.816. The Hall–Kier alpha value is -2.49. The highest BCUT2D eigenvalue weighted by Crippen LogP contribution is 2.39. The third-order valence-corrected chi connectivity index (χ3v) is 4.86. The number of hydrogen-bond donors (Lipinski definition) is 1. The number of carbonyl (C=O) groups excluding carboxylic acids is 1. The van der Waals surface area contributed by atoms with Crippen LogP contribution in [0.2, 0.25) is 0 Å². The summed E-state index contributed by atoms with van der Waals surface area (Å²) < 4.78 is 11.9. The predicted octanol–water partition coefficient (Wildman–Crippen LogP) is 4.92. The van der Waals surface area contributed by atoms with Crippen molar-refractivity contribution in [2.45, 2.75) is 58.6 Å². The summed E-state index contributed by atoms with van der Waals surface area (Å²) in [4.78, 5) is 12.6. The van der Waals surface area contributed by atoms with Gasteiger partial charge in [0.25, 0.3) is 5.91 Å². The summed E-state index contributed by atoms with van der Waals surface area (Å²) in [7, 11) is 0. The largest absolute Gasteiger partial charge is 0.487 e. The van der Waals surface area contributed by atoms with Crippen LogP contribution in [0.3, 0.4) is 0 Å². The fourth-order valence-electron chi connectivity index (χ4n) is 3.55. The van der Waals surface area contributed by atoms with Crippen molar-refractivity contribution < 1.29 is 14.3 Å². The van der Waals surface area contributed by atoms with Gasteiger partial charge in [-0.3, -0.25) is 4.79 Å². The van der Waals surface area contributed by atoms with Crippen molar-refractivity contribution in [1.29, 1.82) is 0 Å². The average Bonchev–Trinajstić information content (AvgIpc) is 2.58. The van der Waals surface area contributed by atoms with Crippen LogP contribution in [-0.2, 0) is 4.79 Å². The van der Waals surface area contributed by atoms with Crippen molar-refractivity contribution in [3.63, 3.8) is 0 Å². The fourth-order valence-corrected chi connectivity index (χ4v) is 3.55. The lowest BCUT2D eigenvalue weighted by atomic mass is 9.89. The molecule has 0 unspecified atom stereocenters. The maximum Gasteiger partial charge on any atom is 0.258 e. The molecule has 1 heterocycles. The number of fused-ring (bicyclic) bond motifs is 1. The zero-order valence-electron chi connectivity index (χ0n) is 16.8. The van der Waals surface area contributed by atoms with E-state index in [0.717, 1.165) is 34.6 Å². The first-order valence-electron chi connectivity index (χ1n) is 9.56. The number of benzene rings is 2. The Labute approximate surface area is 161 Å². The van der Waals surface area contributed by atoms with Crippen molar-refractivity contribution in [1.82, 2.24) is 5.32 Å². The summed E-state index contributed by atoms with van der Waals surface area (Å²) in [5.74, 6) is 1.84. The standard InChI is InChI=1S/C23H29NO3/c1-15(2)17-11-10-16(3)12-21(17)26-14-22(25)24-19-13-23(4,5)27-20-9-7-6-8-18(19)20/h6-12,15,19H,13-14H2,1-5H3,(H,24,25)/t19-/m1/s1. The molecule has 4 nitrogen and oxygen atoms in total. The zero-order chi connectivity index (χ0) is 19.6. The third kappa shape index (κ3) is 4.62. The van der Waals surface area contributed by atoms with Gasteiger partial charge in [-0.05, 0) is 49.9 Å². The van der Waals surface area contributed by atoms with Gasteiger partial charge in [0, 0.05) is 12.0 Å². The van der Waals surface area contributed by atoms with Crippen LogP contribution in [0.4, 0.5) is 0 Å². The molecule has 1 aliphatic heterocycles. The van der Waals surface area contributed by atoms with Gasteiger partial charge in [0.05, 0.1) is 6.04 Å². The van der Waals surface area contributed by atoms with Crippen LogP contribution in [-0.4, -0.2) is 18.1 Å². The molecule has 3 rings (SSSR count). The van der Waals surface area contributed by atoms with E-state index in [1.807, 2.05) is 51.1 Å². The molecule has 0 radical (unpaired) electrons. The van der Waals surface area contributed by atoms with Gasteiger partial charge < -0.3 is 14.8 Å². The number of hydrogen-bond acceptors (Lipinski definition) is 3. The molecule has 27 heavy (non-hydrogen) atoms. The van der Waals surface area contributed by atoms with Crippen LogP contribution in [0, 0.1) is 6.92 Å². The Kier molecular flexibility index (Phi) is 5.45. The molecule has 0 spiro atoms. The van der Waals surface area contributed by atoms with Crippen LogP contribution in [0.1, 0.15) is 62.8 Å². The molecule has 0 fully saturated rings. The first kappa shape index (κ1) is 19.3. The van der Waals surface area contributed by atoms with Gasteiger partial charge in [-0.25, -0.2) is 0 Å². The highest BCUT2D eigenvalue weighted by molar-refractivity contribution is 5.78. The molecule has 0 saturated heterocycles. The molecule has 144 valence electrons. The Bertz CT molecular complexity index is 826. The van der Waals surface area contributed by atoms with Gasteiger partial charge >= 0.3 is 0 Å². The predicted molar refractivity (Wildman–Crippen MR) is 107 cm³/mol. The minimum absolute atomic E-state index is 0.00310. The highest BCUT2D eigenvalue weighted by atomic mass is 16.5. The van der Waals surface area contributed by atoms with Gasteiger partial charge in [0.1, 0.15) is 17.1 Å². The van der Waals surface area contributed by atoms with Gasteiger partial charge in [0.15, 0.2) is 6.61 Å². The van der Waals surface area contributed by atoms with Crippen LogP contribution >= 0.6 is 0 Å². The molecule has 1 aliphatic rings. The van der Waals surface area contributed by atoms with Crippen molar-refractivity contribution in [2.75, 3.05) is 6.61 Å². The van der Waals surface area contributed by atoms with E-state index in [1.165, 1.54) is 0 Å². The highest BCUT2D eigenvalue weighted by Gasteiger charge is 2.34. The first-order valence-corrected chi connectivity index (χ1v) is 9.56. The van der Waals surface area contributed by atoms with Crippen molar-refractivity contribution >= 4 is 5.91 Å². The number of amides is 1. The fraction of sp³-hybridized carbons (Fsp3) is 0.435. The maximum absolute atomic E-state index is 12.6. The summed E-state index contributed by atoms with van der Waals surface area (Å²) in [6.45, 7) is 10.4. The lowest BCUT2D eigenvalue weighted by Crippen LogP contribution is -2.42. The molecule has 2 aromatic rings. The van der Waals surface area contributed by atoms with E-state index in [1.54, 1.807) is 0 Å². The second-order valence-electron chi connectivity index (χ2n) is 8.21. The number of nitrogens with one attached hydrogen (secondary N) is 1. The van der Waals surface area contributed by atoms with Gasteiger partial charge in [-0.15, -0.1) is 0 Å². The van der Waals surface area contributed by atoms with Crippen molar-refractivity contribution in [2.24, 2.45) is 0 Å². The molecule has 0 saturated carbocycles. The van der Waals surface area contributed by atoms with Crippen molar-refractivity contribution in [3.8, 4) is 11.5 Å². The van der Waals surface area contributed by atoms with Crippen LogP contribution < -0.4 is 14.8 Å². The van der Waals surface area contributed by atoms with Crippen molar-refractivity contribution in [3.05, 3.63) is 59.2 Å². The molecular weight excluding hydrogens is 338 g/mol. The Morgan fingerprint density at radius 3 is 2.74 bits per heavy atom. The average molecular weight is 367 g/mol. The normalized spacial score (nSPS) is 17.8. The number of aryl methyl sites for hydroxylation is 1.